The largest absolute Gasteiger partial charge is 0.481 e. The van der Waals surface area contributed by atoms with E-state index in [2.05, 4.69) is 10.6 Å². The van der Waals surface area contributed by atoms with Crippen molar-refractivity contribution in [2.45, 2.75) is 63.1 Å². The predicted molar refractivity (Wildman–Crippen MR) is 118 cm³/mol. The molecule has 0 spiro atoms. The molecule has 0 radical (unpaired) electrons. The number of hydrazine groups is 1. The monoisotopic (exact) mass is 472 g/mol. The van der Waals surface area contributed by atoms with Gasteiger partial charge in [-0.3, -0.25) is 29.0 Å². The molecule has 0 aromatic heterocycles. The van der Waals surface area contributed by atoms with Crippen molar-refractivity contribution in [3.05, 3.63) is 35.9 Å². The fourth-order valence-corrected chi connectivity index (χ4v) is 4.18. The van der Waals surface area contributed by atoms with Gasteiger partial charge in [-0.15, -0.1) is 0 Å². The summed E-state index contributed by atoms with van der Waals surface area (Å²) in [4.78, 5) is 73.5. The average molecular weight is 472 g/mol. The van der Waals surface area contributed by atoms with Crippen LogP contribution in [-0.2, 0) is 35.2 Å². The van der Waals surface area contributed by atoms with E-state index < -0.39 is 42.3 Å². The van der Waals surface area contributed by atoms with Crippen LogP contribution in [0.1, 0.15) is 44.1 Å². The van der Waals surface area contributed by atoms with Gasteiger partial charge in [0.05, 0.1) is 12.5 Å². The Labute approximate surface area is 196 Å². The van der Waals surface area contributed by atoms with E-state index in [1.807, 2.05) is 30.3 Å². The number of hydrogen-bond acceptors (Lipinski definition) is 6. The summed E-state index contributed by atoms with van der Waals surface area (Å²) in [6.07, 6.45) is 1.18. The number of carbonyl (C=O) groups is 6. The van der Waals surface area contributed by atoms with Crippen molar-refractivity contribution < 1.29 is 33.9 Å². The van der Waals surface area contributed by atoms with Crippen LogP contribution in [0.2, 0.25) is 0 Å². The molecule has 182 valence electrons. The van der Waals surface area contributed by atoms with Crippen LogP contribution in [0.25, 0.3) is 0 Å². The van der Waals surface area contributed by atoms with Gasteiger partial charge in [-0.05, 0) is 31.2 Å². The molecule has 11 nitrogen and oxygen atoms in total. The first kappa shape index (κ1) is 24.9. The maximum atomic E-state index is 13.4. The molecule has 2 saturated heterocycles. The van der Waals surface area contributed by atoms with Crippen molar-refractivity contribution in [2.24, 2.45) is 0 Å². The van der Waals surface area contributed by atoms with Crippen molar-refractivity contribution in [1.82, 2.24) is 20.7 Å². The van der Waals surface area contributed by atoms with E-state index in [4.69, 9.17) is 5.11 Å². The highest BCUT2D eigenvalue weighted by atomic mass is 16.4. The number of carbonyl (C=O) groups excluding carboxylic acids is 5. The van der Waals surface area contributed by atoms with Gasteiger partial charge in [0.1, 0.15) is 18.4 Å². The van der Waals surface area contributed by atoms with Gasteiger partial charge in [0.2, 0.25) is 17.7 Å². The molecule has 2 heterocycles. The lowest BCUT2D eigenvalue weighted by Gasteiger charge is -2.43. The third-order valence-electron chi connectivity index (χ3n) is 5.87. The Balaban J connectivity index is 1.71. The van der Waals surface area contributed by atoms with E-state index in [9.17, 15) is 28.8 Å². The Morgan fingerprint density at radius 1 is 1.15 bits per heavy atom. The summed E-state index contributed by atoms with van der Waals surface area (Å²) >= 11 is 0. The van der Waals surface area contributed by atoms with Crippen LogP contribution in [0.3, 0.4) is 0 Å². The highest BCUT2D eigenvalue weighted by Crippen LogP contribution is 2.25. The van der Waals surface area contributed by atoms with Crippen LogP contribution in [0.4, 0.5) is 0 Å². The lowest BCUT2D eigenvalue weighted by molar-refractivity contribution is -0.176. The first-order chi connectivity index (χ1) is 16.3. The number of nitrogens with zero attached hydrogens (tertiary/aromatic N) is 2. The van der Waals surface area contributed by atoms with Gasteiger partial charge in [-0.1, -0.05) is 30.3 Å². The Hall–Kier alpha value is -3.76. The number of carboxylic acid groups (broad SMARTS) is 1. The normalized spacial score (nSPS) is 21.2. The number of carboxylic acids is 1. The van der Waals surface area contributed by atoms with E-state index >= 15 is 0 Å². The van der Waals surface area contributed by atoms with Crippen molar-refractivity contribution in [2.75, 3.05) is 6.54 Å². The summed E-state index contributed by atoms with van der Waals surface area (Å²) in [6, 6.07) is 6.08. The Morgan fingerprint density at radius 3 is 2.56 bits per heavy atom. The summed E-state index contributed by atoms with van der Waals surface area (Å²) in [7, 11) is 0. The molecule has 2 aliphatic heterocycles. The molecule has 1 aromatic carbocycles. The van der Waals surface area contributed by atoms with Crippen molar-refractivity contribution in [3.8, 4) is 0 Å². The molecule has 0 aliphatic carbocycles. The number of benzene rings is 1. The first-order valence-corrected chi connectivity index (χ1v) is 11.2. The Morgan fingerprint density at radius 2 is 1.88 bits per heavy atom. The van der Waals surface area contributed by atoms with Gasteiger partial charge < -0.3 is 20.5 Å². The summed E-state index contributed by atoms with van der Waals surface area (Å²) < 4.78 is 0. The molecule has 2 fully saturated rings. The second kappa shape index (κ2) is 11.4. The summed E-state index contributed by atoms with van der Waals surface area (Å²) in [6.45, 7) is 0.245. The third-order valence-corrected chi connectivity index (χ3v) is 5.87. The van der Waals surface area contributed by atoms with Gasteiger partial charge in [-0.2, -0.15) is 0 Å². The molecule has 2 aliphatic rings. The highest BCUT2D eigenvalue weighted by molar-refractivity contribution is 5.96. The number of hydrogen-bond donors (Lipinski definition) is 3. The zero-order chi connectivity index (χ0) is 24.7. The standard InChI is InChI=1S/C23H28N4O7/c28-14-16(13-21(31)32)24-22(33)18-7-4-12-26-20(30)11-9-17(23(34)27(18)26)25-19(29)10-8-15-5-2-1-3-6-15/h1-3,5-6,14,16-18H,4,7-13H2,(H,24,33)(H,25,29)(H,31,32)/t16?,17-,18-/m0/s1. The van der Waals surface area contributed by atoms with Crippen LogP contribution in [0, 0.1) is 0 Å². The van der Waals surface area contributed by atoms with Crippen LogP contribution in [0.5, 0.6) is 0 Å². The molecule has 11 heteroatoms. The molecule has 0 saturated carbocycles. The van der Waals surface area contributed by atoms with Gasteiger partial charge in [0.15, 0.2) is 0 Å². The smallest absolute Gasteiger partial charge is 0.305 e. The molecule has 0 bridgehead atoms. The summed E-state index contributed by atoms with van der Waals surface area (Å²) in [5.74, 6) is -3.25. The zero-order valence-electron chi connectivity index (χ0n) is 18.6. The Kier molecular flexibility index (Phi) is 8.34. The van der Waals surface area contributed by atoms with Gasteiger partial charge in [0, 0.05) is 19.4 Å². The first-order valence-electron chi connectivity index (χ1n) is 11.2. The summed E-state index contributed by atoms with van der Waals surface area (Å²) in [5.41, 5.74) is 0.977. The van der Waals surface area contributed by atoms with E-state index in [1.165, 1.54) is 5.01 Å². The molecule has 3 rings (SSSR count). The highest BCUT2D eigenvalue weighted by Gasteiger charge is 2.44. The minimum Gasteiger partial charge on any atom is -0.481 e. The number of aryl methyl sites for hydroxylation is 1. The molecule has 34 heavy (non-hydrogen) atoms. The fourth-order valence-electron chi connectivity index (χ4n) is 4.18. The topological polar surface area (TPSA) is 153 Å². The number of aldehydes is 1. The van der Waals surface area contributed by atoms with E-state index in [1.54, 1.807) is 0 Å². The second-order valence-electron chi connectivity index (χ2n) is 8.35. The van der Waals surface area contributed by atoms with Crippen LogP contribution in [-0.4, -0.2) is 75.7 Å². The maximum absolute atomic E-state index is 13.4. The molecular formula is C23H28N4O7. The second-order valence-corrected chi connectivity index (χ2v) is 8.35. The van der Waals surface area contributed by atoms with Crippen LogP contribution >= 0.6 is 0 Å². The molecule has 3 N–H and O–H groups in total. The molecule has 3 atom stereocenters. The third kappa shape index (κ3) is 6.18. The number of nitrogens with one attached hydrogen (secondary N) is 2. The van der Waals surface area contributed by atoms with Gasteiger partial charge in [0.25, 0.3) is 5.91 Å². The summed E-state index contributed by atoms with van der Waals surface area (Å²) in [5, 5.41) is 16.2. The van der Waals surface area contributed by atoms with E-state index in [0.29, 0.717) is 19.1 Å². The zero-order valence-corrected chi connectivity index (χ0v) is 18.6. The molecule has 1 unspecified atom stereocenters. The predicted octanol–water partition coefficient (Wildman–Crippen LogP) is -0.209. The van der Waals surface area contributed by atoms with Gasteiger partial charge >= 0.3 is 5.97 Å². The minimum atomic E-state index is -1.26. The van der Waals surface area contributed by atoms with Crippen LogP contribution in [0.15, 0.2) is 30.3 Å². The molecule has 4 amide bonds. The van der Waals surface area contributed by atoms with Crippen molar-refractivity contribution >= 4 is 35.9 Å². The molecule has 1 aromatic rings. The quantitative estimate of drug-likeness (QED) is 0.420. The molecular weight excluding hydrogens is 444 g/mol. The van der Waals surface area contributed by atoms with Gasteiger partial charge in [-0.25, -0.2) is 5.01 Å². The number of amides is 4. The van der Waals surface area contributed by atoms with Crippen molar-refractivity contribution in [1.29, 1.82) is 0 Å². The number of rotatable bonds is 9. The van der Waals surface area contributed by atoms with Crippen molar-refractivity contribution in [3.63, 3.8) is 0 Å². The number of aliphatic carboxylic acids is 1. The van der Waals surface area contributed by atoms with Crippen LogP contribution < -0.4 is 10.6 Å². The number of fused-ring (bicyclic) bond motifs is 1. The fraction of sp³-hybridized carbons (Fsp3) is 0.478. The Bertz CT molecular complexity index is 952. The van der Waals surface area contributed by atoms with E-state index in [-0.39, 0.29) is 44.0 Å². The average Bonchev–Trinajstić information content (AvgIpc) is 2.94. The lowest BCUT2D eigenvalue weighted by Crippen LogP contribution is -2.64. The van der Waals surface area contributed by atoms with E-state index in [0.717, 1.165) is 10.6 Å². The SMILES string of the molecule is O=CC(CC(=O)O)NC(=O)[C@@H]1CCCN2C(=O)CC[C@H](NC(=O)CCc3ccccc3)C(=O)N12. The minimum absolute atomic E-state index is 0.0240. The lowest BCUT2D eigenvalue weighted by atomic mass is 10.0. The maximum Gasteiger partial charge on any atom is 0.305 e.